The van der Waals surface area contributed by atoms with Crippen molar-refractivity contribution in [1.82, 2.24) is 5.32 Å². The van der Waals surface area contributed by atoms with E-state index in [4.69, 9.17) is 5.11 Å². The minimum Gasteiger partial charge on any atom is -0.481 e. The molecule has 0 fully saturated rings. The number of carboxylic acid groups (broad SMARTS) is 1. The molecule has 2 N–H and O–H groups in total. The number of amides is 1. The van der Waals surface area contributed by atoms with Gasteiger partial charge >= 0.3 is 5.97 Å². The summed E-state index contributed by atoms with van der Waals surface area (Å²) in [5.41, 5.74) is 0. The molecule has 0 aliphatic carbocycles. The van der Waals surface area contributed by atoms with Gasteiger partial charge in [-0.15, -0.1) is 11.3 Å². The Kier molecular flexibility index (Phi) is 4.49. The third-order valence-electron chi connectivity index (χ3n) is 2.02. The van der Waals surface area contributed by atoms with Crippen LogP contribution in [-0.4, -0.2) is 23.0 Å². The first-order valence-corrected chi connectivity index (χ1v) is 5.94. The summed E-state index contributed by atoms with van der Waals surface area (Å²) in [6, 6.07) is 3.56. The molecule has 0 saturated carbocycles. The van der Waals surface area contributed by atoms with Gasteiger partial charge < -0.3 is 10.4 Å². The van der Waals surface area contributed by atoms with Crippen molar-refractivity contribution in [2.24, 2.45) is 0 Å². The predicted octanol–water partition coefficient (Wildman–Crippen LogP) is 1.83. The molecule has 1 unspecified atom stereocenters. The maximum absolute atomic E-state index is 11.5. The highest BCUT2D eigenvalue weighted by Gasteiger charge is 2.24. The fourth-order valence-corrected chi connectivity index (χ4v) is 2.19. The van der Waals surface area contributed by atoms with Crippen LogP contribution in [0.4, 0.5) is 0 Å². The fraction of sp³-hybridized carbons (Fsp3) is 0.455. The highest BCUT2D eigenvalue weighted by atomic mass is 32.1. The number of carboxylic acids is 1. The Labute approximate surface area is 98.3 Å². The number of rotatable bonds is 5. The van der Waals surface area contributed by atoms with Crippen LogP contribution in [-0.2, 0) is 9.59 Å². The molecular formula is C11H15NO3S. The standard InChI is InChI=1S/C11H15NO3S/c1-7(2)12-10(13)6-8(11(14)15)9-4-3-5-16-9/h3-5,7-8H,6H2,1-2H3,(H,12,13)(H,14,15). The summed E-state index contributed by atoms with van der Waals surface area (Å²) in [6.45, 7) is 3.69. The maximum Gasteiger partial charge on any atom is 0.312 e. The average Bonchev–Trinajstić information content (AvgIpc) is 2.64. The summed E-state index contributed by atoms with van der Waals surface area (Å²) in [6.07, 6.45) is -0.00593. The third kappa shape index (κ3) is 3.66. The number of thiophene rings is 1. The quantitative estimate of drug-likeness (QED) is 0.826. The van der Waals surface area contributed by atoms with Crippen LogP contribution in [0.2, 0.25) is 0 Å². The molecule has 4 nitrogen and oxygen atoms in total. The smallest absolute Gasteiger partial charge is 0.312 e. The second-order valence-electron chi connectivity index (χ2n) is 3.83. The van der Waals surface area contributed by atoms with Gasteiger partial charge in [0.05, 0.1) is 5.92 Å². The monoisotopic (exact) mass is 241 g/mol. The molecule has 0 spiro atoms. The van der Waals surface area contributed by atoms with Gasteiger partial charge in [0.25, 0.3) is 0 Å². The van der Waals surface area contributed by atoms with Crippen molar-refractivity contribution in [1.29, 1.82) is 0 Å². The van der Waals surface area contributed by atoms with Crippen molar-refractivity contribution in [3.63, 3.8) is 0 Å². The number of carbonyl (C=O) groups excluding carboxylic acids is 1. The van der Waals surface area contributed by atoms with Gasteiger partial charge in [0.1, 0.15) is 0 Å². The van der Waals surface area contributed by atoms with Crippen molar-refractivity contribution in [3.8, 4) is 0 Å². The summed E-state index contributed by atoms with van der Waals surface area (Å²) >= 11 is 1.36. The van der Waals surface area contributed by atoms with Crippen molar-refractivity contribution in [3.05, 3.63) is 22.4 Å². The largest absolute Gasteiger partial charge is 0.481 e. The Morgan fingerprint density at radius 1 is 1.50 bits per heavy atom. The lowest BCUT2D eigenvalue weighted by Gasteiger charge is -2.12. The predicted molar refractivity (Wildman–Crippen MR) is 62.6 cm³/mol. The van der Waals surface area contributed by atoms with Crippen molar-refractivity contribution in [2.75, 3.05) is 0 Å². The van der Waals surface area contributed by atoms with Crippen molar-refractivity contribution in [2.45, 2.75) is 32.2 Å². The molecule has 16 heavy (non-hydrogen) atoms. The number of nitrogens with one attached hydrogen (secondary N) is 1. The topological polar surface area (TPSA) is 66.4 Å². The van der Waals surface area contributed by atoms with E-state index in [0.717, 1.165) is 0 Å². The van der Waals surface area contributed by atoms with E-state index in [1.54, 1.807) is 12.1 Å². The molecule has 1 amide bonds. The lowest BCUT2D eigenvalue weighted by molar-refractivity contribution is -0.140. The summed E-state index contributed by atoms with van der Waals surface area (Å²) in [5.74, 6) is -1.92. The van der Waals surface area contributed by atoms with Crippen LogP contribution in [0, 0.1) is 0 Å². The van der Waals surface area contributed by atoms with Crippen LogP contribution in [0.15, 0.2) is 17.5 Å². The summed E-state index contributed by atoms with van der Waals surface area (Å²) in [4.78, 5) is 23.3. The van der Waals surface area contributed by atoms with Crippen LogP contribution >= 0.6 is 11.3 Å². The van der Waals surface area contributed by atoms with Crippen LogP contribution < -0.4 is 5.32 Å². The first-order chi connectivity index (χ1) is 7.50. The molecule has 1 rings (SSSR count). The van der Waals surface area contributed by atoms with Gasteiger partial charge in [0, 0.05) is 17.3 Å². The number of aliphatic carboxylic acids is 1. The SMILES string of the molecule is CC(C)NC(=O)CC(C(=O)O)c1cccs1. The average molecular weight is 241 g/mol. The second kappa shape index (κ2) is 5.65. The maximum atomic E-state index is 11.5. The van der Waals surface area contributed by atoms with Gasteiger partial charge in [-0.3, -0.25) is 9.59 Å². The van der Waals surface area contributed by atoms with E-state index in [1.807, 2.05) is 19.2 Å². The van der Waals surface area contributed by atoms with E-state index in [2.05, 4.69) is 5.32 Å². The molecule has 0 aliphatic rings. The molecule has 0 aromatic carbocycles. The Morgan fingerprint density at radius 2 is 2.19 bits per heavy atom. The molecule has 5 heteroatoms. The minimum atomic E-state index is -0.957. The second-order valence-corrected chi connectivity index (χ2v) is 4.81. The van der Waals surface area contributed by atoms with E-state index >= 15 is 0 Å². The Hall–Kier alpha value is -1.36. The number of hydrogen-bond acceptors (Lipinski definition) is 3. The molecule has 1 atom stereocenters. The van der Waals surface area contributed by atoms with E-state index in [1.165, 1.54) is 11.3 Å². The zero-order chi connectivity index (χ0) is 12.1. The first kappa shape index (κ1) is 12.7. The van der Waals surface area contributed by atoms with Crippen LogP contribution in [0.25, 0.3) is 0 Å². The van der Waals surface area contributed by atoms with E-state index < -0.39 is 11.9 Å². The van der Waals surface area contributed by atoms with Gasteiger partial charge in [0.15, 0.2) is 0 Å². The van der Waals surface area contributed by atoms with Gasteiger partial charge in [-0.25, -0.2) is 0 Å². The van der Waals surface area contributed by atoms with Gasteiger partial charge in [-0.2, -0.15) is 0 Å². The molecule has 1 heterocycles. The molecule has 1 aromatic rings. The molecule has 0 aliphatic heterocycles. The molecule has 88 valence electrons. The van der Waals surface area contributed by atoms with Gasteiger partial charge in [-0.1, -0.05) is 6.07 Å². The lowest BCUT2D eigenvalue weighted by atomic mass is 10.0. The third-order valence-corrected chi connectivity index (χ3v) is 3.01. The van der Waals surface area contributed by atoms with Gasteiger partial charge in [0.2, 0.25) is 5.91 Å². The van der Waals surface area contributed by atoms with E-state index in [-0.39, 0.29) is 18.4 Å². The Bertz CT molecular complexity index is 359. The Morgan fingerprint density at radius 3 is 2.62 bits per heavy atom. The highest BCUT2D eigenvalue weighted by molar-refractivity contribution is 7.10. The van der Waals surface area contributed by atoms with E-state index in [9.17, 15) is 9.59 Å². The summed E-state index contributed by atoms with van der Waals surface area (Å²) < 4.78 is 0. The highest BCUT2D eigenvalue weighted by Crippen LogP contribution is 2.24. The van der Waals surface area contributed by atoms with E-state index in [0.29, 0.717) is 4.88 Å². The van der Waals surface area contributed by atoms with Crippen molar-refractivity contribution < 1.29 is 14.7 Å². The number of hydrogen-bond donors (Lipinski definition) is 2. The molecule has 0 saturated heterocycles. The molecule has 0 bridgehead atoms. The van der Waals surface area contributed by atoms with Gasteiger partial charge in [-0.05, 0) is 25.3 Å². The Balaban J connectivity index is 2.67. The molecule has 1 aromatic heterocycles. The van der Waals surface area contributed by atoms with Crippen molar-refractivity contribution >= 4 is 23.2 Å². The van der Waals surface area contributed by atoms with Crippen LogP contribution in [0.5, 0.6) is 0 Å². The van der Waals surface area contributed by atoms with Crippen LogP contribution in [0.3, 0.4) is 0 Å². The lowest BCUT2D eigenvalue weighted by Crippen LogP contribution is -2.32. The summed E-state index contributed by atoms with van der Waals surface area (Å²) in [7, 11) is 0. The normalized spacial score (nSPS) is 12.4. The minimum absolute atomic E-state index is 0.00593. The fourth-order valence-electron chi connectivity index (χ4n) is 1.37. The molecule has 0 radical (unpaired) electrons. The number of carbonyl (C=O) groups is 2. The zero-order valence-corrected chi connectivity index (χ0v) is 10.1. The van der Waals surface area contributed by atoms with Crippen LogP contribution in [0.1, 0.15) is 31.1 Å². The summed E-state index contributed by atoms with van der Waals surface area (Å²) in [5, 5.41) is 13.6. The first-order valence-electron chi connectivity index (χ1n) is 5.06. The zero-order valence-electron chi connectivity index (χ0n) is 9.27. The molecular weight excluding hydrogens is 226 g/mol.